The average molecular weight is 193 g/mol. The lowest BCUT2D eigenvalue weighted by Gasteiger charge is -2.33. The van der Waals surface area contributed by atoms with Crippen molar-refractivity contribution in [2.24, 2.45) is 5.73 Å². The van der Waals surface area contributed by atoms with Gasteiger partial charge in [-0.2, -0.15) is 0 Å². The summed E-state index contributed by atoms with van der Waals surface area (Å²) in [5.41, 5.74) is 13.1. The summed E-state index contributed by atoms with van der Waals surface area (Å²) in [5.74, 6) is 0. The number of rotatable bonds is 1. The second kappa shape index (κ2) is 3.55. The lowest BCUT2D eigenvalue weighted by atomic mass is 9.87. The van der Waals surface area contributed by atoms with Crippen LogP contribution >= 0.6 is 0 Å². The summed E-state index contributed by atoms with van der Waals surface area (Å²) >= 11 is 0. The Morgan fingerprint density at radius 3 is 2.93 bits per heavy atom. The van der Waals surface area contributed by atoms with Crippen molar-refractivity contribution in [3.63, 3.8) is 0 Å². The summed E-state index contributed by atoms with van der Waals surface area (Å²) in [6.07, 6.45) is 5.31. The first-order valence-corrected chi connectivity index (χ1v) is 4.78. The molecule has 0 aromatic carbocycles. The zero-order valence-corrected chi connectivity index (χ0v) is 8.07. The van der Waals surface area contributed by atoms with Gasteiger partial charge in [0, 0.05) is 19.0 Å². The highest BCUT2D eigenvalue weighted by molar-refractivity contribution is 5.39. The van der Waals surface area contributed by atoms with Crippen LogP contribution in [0.1, 0.15) is 18.4 Å². The van der Waals surface area contributed by atoms with Crippen molar-refractivity contribution in [2.45, 2.75) is 18.4 Å². The maximum absolute atomic E-state index is 6.23. The summed E-state index contributed by atoms with van der Waals surface area (Å²) in [7, 11) is 0. The van der Waals surface area contributed by atoms with Crippen LogP contribution in [0, 0.1) is 0 Å². The molecule has 0 aliphatic carbocycles. The van der Waals surface area contributed by atoms with Gasteiger partial charge in [-0.05, 0) is 24.5 Å². The number of pyridine rings is 1. The van der Waals surface area contributed by atoms with Crippen molar-refractivity contribution in [3.05, 3.63) is 24.0 Å². The van der Waals surface area contributed by atoms with Gasteiger partial charge in [-0.1, -0.05) is 0 Å². The number of anilines is 1. The van der Waals surface area contributed by atoms with Crippen molar-refractivity contribution in [1.29, 1.82) is 0 Å². The lowest BCUT2D eigenvalue weighted by Crippen LogP contribution is -2.44. The van der Waals surface area contributed by atoms with Gasteiger partial charge in [0.2, 0.25) is 0 Å². The van der Waals surface area contributed by atoms with Gasteiger partial charge in [-0.15, -0.1) is 0 Å². The molecular formula is C10H15N3O. The van der Waals surface area contributed by atoms with Gasteiger partial charge in [0.25, 0.3) is 0 Å². The van der Waals surface area contributed by atoms with Gasteiger partial charge in [-0.3, -0.25) is 4.98 Å². The molecule has 76 valence electrons. The zero-order valence-electron chi connectivity index (χ0n) is 8.07. The highest BCUT2D eigenvalue weighted by Crippen LogP contribution is 2.27. The number of ether oxygens (including phenoxy) is 1. The molecule has 0 spiro atoms. The van der Waals surface area contributed by atoms with Crippen LogP contribution < -0.4 is 11.5 Å². The van der Waals surface area contributed by atoms with E-state index < -0.39 is 5.54 Å². The average Bonchev–Trinajstić information content (AvgIpc) is 2.19. The Hall–Kier alpha value is -1.13. The molecule has 1 aliphatic heterocycles. The van der Waals surface area contributed by atoms with Crippen molar-refractivity contribution < 1.29 is 4.74 Å². The van der Waals surface area contributed by atoms with Crippen LogP contribution in [0.4, 0.5) is 5.69 Å². The summed E-state index contributed by atoms with van der Waals surface area (Å²) in [4.78, 5) is 4.04. The van der Waals surface area contributed by atoms with Crippen molar-refractivity contribution in [3.8, 4) is 0 Å². The van der Waals surface area contributed by atoms with Crippen LogP contribution in [0.15, 0.2) is 18.5 Å². The van der Waals surface area contributed by atoms with Crippen LogP contribution in [0.5, 0.6) is 0 Å². The molecule has 4 nitrogen and oxygen atoms in total. The molecule has 1 aliphatic rings. The Labute approximate surface area is 83.3 Å². The molecule has 1 aromatic heterocycles. The molecule has 4 heteroatoms. The molecular weight excluding hydrogens is 178 g/mol. The van der Waals surface area contributed by atoms with Gasteiger partial charge in [0.15, 0.2) is 0 Å². The van der Waals surface area contributed by atoms with Gasteiger partial charge in [-0.25, -0.2) is 0 Å². The van der Waals surface area contributed by atoms with Crippen LogP contribution in [-0.4, -0.2) is 18.2 Å². The van der Waals surface area contributed by atoms with Crippen molar-refractivity contribution >= 4 is 5.69 Å². The predicted octanol–water partition coefficient (Wildman–Crippen LogP) is 0.628. The van der Waals surface area contributed by atoms with Crippen LogP contribution in [0.2, 0.25) is 0 Å². The third-order valence-electron chi connectivity index (χ3n) is 2.61. The first-order valence-electron chi connectivity index (χ1n) is 4.78. The first-order chi connectivity index (χ1) is 6.71. The number of nitrogen functional groups attached to an aromatic ring is 1. The molecule has 1 fully saturated rings. The van der Waals surface area contributed by atoms with Gasteiger partial charge >= 0.3 is 0 Å². The monoisotopic (exact) mass is 193 g/mol. The minimum absolute atomic E-state index is 0.402. The van der Waals surface area contributed by atoms with E-state index in [9.17, 15) is 0 Å². The van der Waals surface area contributed by atoms with Crippen LogP contribution in [0.3, 0.4) is 0 Å². The van der Waals surface area contributed by atoms with Gasteiger partial charge in [0.05, 0.1) is 17.8 Å². The van der Waals surface area contributed by atoms with E-state index in [-0.39, 0.29) is 0 Å². The van der Waals surface area contributed by atoms with E-state index in [1.165, 1.54) is 0 Å². The van der Waals surface area contributed by atoms with E-state index in [1.807, 2.05) is 6.07 Å². The number of nitrogens with zero attached hydrogens (tertiary/aromatic N) is 1. The second-order valence-corrected chi connectivity index (χ2v) is 3.82. The highest BCUT2D eigenvalue weighted by atomic mass is 16.5. The third kappa shape index (κ3) is 1.71. The molecule has 0 bridgehead atoms. The molecule has 1 saturated heterocycles. The van der Waals surface area contributed by atoms with Gasteiger partial charge < -0.3 is 16.2 Å². The smallest absolute Gasteiger partial charge is 0.0688 e. The molecule has 1 aromatic rings. The van der Waals surface area contributed by atoms with Crippen molar-refractivity contribution in [2.75, 3.05) is 18.9 Å². The fourth-order valence-electron chi connectivity index (χ4n) is 1.77. The Bertz CT molecular complexity index is 321. The highest BCUT2D eigenvalue weighted by Gasteiger charge is 2.30. The Morgan fingerprint density at radius 1 is 1.43 bits per heavy atom. The van der Waals surface area contributed by atoms with E-state index in [1.54, 1.807) is 12.4 Å². The van der Waals surface area contributed by atoms with E-state index >= 15 is 0 Å². The summed E-state index contributed by atoms with van der Waals surface area (Å²) in [6, 6.07) is 1.88. The molecule has 4 N–H and O–H groups in total. The molecule has 1 atom stereocenters. The summed E-state index contributed by atoms with van der Waals surface area (Å²) in [5, 5.41) is 0. The molecule has 0 saturated carbocycles. The fourth-order valence-corrected chi connectivity index (χ4v) is 1.77. The number of hydrogen-bond acceptors (Lipinski definition) is 4. The Balaban J connectivity index is 2.28. The molecule has 0 amide bonds. The lowest BCUT2D eigenvalue weighted by molar-refractivity contribution is 0.0366. The zero-order chi connectivity index (χ0) is 10.0. The van der Waals surface area contributed by atoms with E-state index in [0.29, 0.717) is 12.3 Å². The molecule has 1 unspecified atom stereocenters. The number of nitrogens with two attached hydrogens (primary N) is 2. The Kier molecular flexibility index (Phi) is 2.39. The van der Waals surface area contributed by atoms with Crippen LogP contribution in [-0.2, 0) is 10.3 Å². The molecule has 14 heavy (non-hydrogen) atoms. The topological polar surface area (TPSA) is 74.2 Å². The third-order valence-corrected chi connectivity index (χ3v) is 2.61. The maximum atomic E-state index is 6.23. The minimum Gasteiger partial charge on any atom is -0.397 e. The molecule has 2 rings (SSSR count). The minimum atomic E-state index is -0.402. The largest absolute Gasteiger partial charge is 0.397 e. The Morgan fingerprint density at radius 2 is 2.29 bits per heavy atom. The normalized spacial score (nSPS) is 27.5. The van der Waals surface area contributed by atoms with E-state index in [2.05, 4.69) is 4.98 Å². The molecule has 2 heterocycles. The summed E-state index contributed by atoms with van der Waals surface area (Å²) < 4.78 is 5.39. The van der Waals surface area contributed by atoms with Gasteiger partial charge in [0.1, 0.15) is 0 Å². The van der Waals surface area contributed by atoms with E-state index in [0.717, 1.165) is 25.0 Å². The quantitative estimate of drug-likeness (QED) is 0.686. The number of aromatic nitrogens is 1. The second-order valence-electron chi connectivity index (χ2n) is 3.82. The first kappa shape index (κ1) is 9.43. The van der Waals surface area contributed by atoms with Crippen LogP contribution in [0.25, 0.3) is 0 Å². The fraction of sp³-hybridized carbons (Fsp3) is 0.500. The van der Waals surface area contributed by atoms with Crippen molar-refractivity contribution in [1.82, 2.24) is 4.98 Å². The predicted molar refractivity (Wildman–Crippen MR) is 54.6 cm³/mol. The SMILES string of the molecule is Nc1cncc(C2(N)CCCOC2)c1. The maximum Gasteiger partial charge on any atom is 0.0688 e. The standard InChI is InChI=1S/C10H15N3O/c11-9-4-8(5-13-6-9)10(12)2-1-3-14-7-10/h4-6H,1-3,7,11-12H2. The number of hydrogen-bond donors (Lipinski definition) is 2. The summed E-state index contributed by atoms with van der Waals surface area (Å²) in [6.45, 7) is 1.35. The molecule has 0 radical (unpaired) electrons. The van der Waals surface area contributed by atoms with E-state index in [4.69, 9.17) is 16.2 Å².